The molecule has 0 heterocycles. The van der Waals surface area contributed by atoms with E-state index in [1.165, 1.54) is 0 Å². The van der Waals surface area contributed by atoms with E-state index in [1.807, 2.05) is 30.3 Å². The van der Waals surface area contributed by atoms with Crippen molar-refractivity contribution in [3.05, 3.63) is 64.7 Å². The maximum atomic E-state index is 12.5. The van der Waals surface area contributed by atoms with E-state index in [2.05, 4.69) is 0 Å². The molecule has 0 atom stereocenters. The minimum absolute atomic E-state index is 0.155. The third-order valence-electron chi connectivity index (χ3n) is 4.05. The molecule has 0 unspecified atom stereocenters. The Kier molecular flexibility index (Phi) is 5.59. The molecule has 5 nitrogen and oxygen atoms in total. The highest BCUT2D eigenvalue weighted by atomic mass is 16.5. The molecule has 2 rings (SSSR count). The van der Waals surface area contributed by atoms with Crippen LogP contribution in [0.4, 0.5) is 0 Å². The minimum Gasteiger partial charge on any atom is -0.507 e. The molecule has 128 valence electrons. The van der Waals surface area contributed by atoms with Crippen LogP contribution >= 0.6 is 0 Å². The summed E-state index contributed by atoms with van der Waals surface area (Å²) in [7, 11) is 0. The number of ether oxygens (including phenoxy) is 1. The largest absolute Gasteiger partial charge is 0.507 e. The van der Waals surface area contributed by atoms with Gasteiger partial charge in [0.25, 0.3) is 0 Å². The molecule has 2 aromatic carbocycles. The lowest BCUT2D eigenvalue weighted by molar-refractivity contribution is -0.150. The first-order chi connectivity index (χ1) is 11.4. The normalized spacial score (nSPS) is 11.3. The molecule has 0 aromatic heterocycles. The second-order valence-electron chi connectivity index (χ2n) is 6.15. The maximum Gasteiger partial charge on any atom is 0.316 e. The van der Waals surface area contributed by atoms with Crippen molar-refractivity contribution in [3.63, 3.8) is 0 Å². The Morgan fingerprint density at radius 1 is 1.04 bits per heavy atom. The van der Waals surface area contributed by atoms with E-state index in [4.69, 9.17) is 4.74 Å². The van der Waals surface area contributed by atoms with Gasteiger partial charge >= 0.3 is 5.97 Å². The Labute approximate surface area is 141 Å². The SMILES string of the molecule is CC(C)(C(=O)OCc1ccccc1)c1cc(CO)c(O)c(CO)c1. The molecule has 0 amide bonds. The van der Waals surface area contributed by atoms with Crippen molar-refractivity contribution in [2.24, 2.45) is 0 Å². The van der Waals surface area contributed by atoms with Gasteiger partial charge in [-0.1, -0.05) is 30.3 Å². The van der Waals surface area contributed by atoms with Crippen molar-refractivity contribution < 1.29 is 24.9 Å². The number of phenols is 1. The second kappa shape index (κ2) is 7.47. The molecule has 0 spiro atoms. The number of carbonyl (C=O) groups excluding carboxylic acids is 1. The predicted octanol–water partition coefficient (Wildman–Crippen LogP) is 2.40. The number of rotatable bonds is 6. The molecule has 0 radical (unpaired) electrons. The summed E-state index contributed by atoms with van der Waals surface area (Å²) in [5, 5.41) is 28.7. The molecule has 0 aliphatic heterocycles. The number of carbonyl (C=O) groups is 1. The van der Waals surface area contributed by atoms with E-state index in [0.717, 1.165) is 5.56 Å². The number of hydrogen-bond acceptors (Lipinski definition) is 5. The van der Waals surface area contributed by atoms with Crippen molar-refractivity contribution in [3.8, 4) is 5.75 Å². The quantitative estimate of drug-likeness (QED) is 0.708. The molecule has 2 aromatic rings. The number of benzene rings is 2. The summed E-state index contributed by atoms with van der Waals surface area (Å²) in [6.45, 7) is 2.80. The lowest BCUT2D eigenvalue weighted by Gasteiger charge is -2.25. The Morgan fingerprint density at radius 3 is 2.08 bits per heavy atom. The first-order valence-corrected chi connectivity index (χ1v) is 7.68. The summed E-state index contributed by atoms with van der Waals surface area (Å²) in [5.41, 5.74) is 0.989. The van der Waals surface area contributed by atoms with Crippen LogP contribution in [0.1, 0.15) is 36.1 Å². The van der Waals surface area contributed by atoms with Crippen LogP contribution in [-0.2, 0) is 34.8 Å². The molecule has 24 heavy (non-hydrogen) atoms. The molecule has 0 aliphatic rings. The summed E-state index contributed by atoms with van der Waals surface area (Å²) in [4.78, 5) is 12.5. The average molecular weight is 330 g/mol. The van der Waals surface area contributed by atoms with Crippen LogP contribution in [0.5, 0.6) is 5.75 Å². The molecular formula is C19H22O5. The van der Waals surface area contributed by atoms with E-state index in [0.29, 0.717) is 5.56 Å². The Bertz CT molecular complexity index is 682. The Hall–Kier alpha value is -2.37. The van der Waals surface area contributed by atoms with Gasteiger partial charge < -0.3 is 20.1 Å². The molecule has 0 saturated carbocycles. The fraction of sp³-hybridized carbons (Fsp3) is 0.316. The maximum absolute atomic E-state index is 12.5. The third kappa shape index (κ3) is 3.75. The van der Waals surface area contributed by atoms with Gasteiger partial charge in [-0.15, -0.1) is 0 Å². The minimum atomic E-state index is -0.990. The zero-order valence-electron chi connectivity index (χ0n) is 13.8. The van der Waals surface area contributed by atoms with Crippen LogP contribution in [0.25, 0.3) is 0 Å². The standard InChI is InChI=1S/C19H22O5/c1-19(2,18(23)24-12-13-6-4-3-5-7-13)16-8-14(10-20)17(22)15(9-16)11-21/h3-9,20-22H,10-12H2,1-2H3. The molecule has 0 saturated heterocycles. The first-order valence-electron chi connectivity index (χ1n) is 7.68. The molecule has 3 N–H and O–H groups in total. The first kappa shape index (κ1) is 18.0. The van der Waals surface area contributed by atoms with E-state index in [1.54, 1.807) is 26.0 Å². The van der Waals surface area contributed by atoms with E-state index < -0.39 is 11.4 Å². The van der Waals surface area contributed by atoms with E-state index >= 15 is 0 Å². The summed E-state index contributed by atoms with van der Waals surface area (Å²) in [6, 6.07) is 12.5. The topological polar surface area (TPSA) is 87.0 Å². The highest BCUT2D eigenvalue weighted by molar-refractivity contribution is 5.82. The number of esters is 1. The zero-order valence-corrected chi connectivity index (χ0v) is 13.8. The highest BCUT2D eigenvalue weighted by Gasteiger charge is 2.33. The second-order valence-corrected chi connectivity index (χ2v) is 6.15. The van der Waals surface area contributed by atoms with Gasteiger partial charge in [0.2, 0.25) is 0 Å². The van der Waals surface area contributed by atoms with Crippen molar-refractivity contribution in [2.45, 2.75) is 39.1 Å². The number of hydrogen-bond donors (Lipinski definition) is 3. The molecular weight excluding hydrogens is 308 g/mol. The van der Waals surface area contributed by atoms with Gasteiger partial charge in [-0.2, -0.15) is 0 Å². The Morgan fingerprint density at radius 2 is 1.58 bits per heavy atom. The van der Waals surface area contributed by atoms with Gasteiger partial charge in [-0.25, -0.2) is 0 Å². The third-order valence-corrected chi connectivity index (χ3v) is 4.05. The van der Waals surface area contributed by atoms with Crippen LogP contribution < -0.4 is 0 Å². The van der Waals surface area contributed by atoms with Gasteiger partial charge in [-0.05, 0) is 37.1 Å². The van der Waals surface area contributed by atoms with Gasteiger partial charge in [0, 0.05) is 11.1 Å². The summed E-state index contributed by atoms with van der Waals surface area (Å²) in [5.74, 6) is -0.581. The fourth-order valence-electron chi connectivity index (χ4n) is 2.38. The van der Waals surface area contributed by atoms with Crippen LogP contribution in [0, 0.1) is 0 Å². The van der Waals surface area contributed by atoms with E-state index in [-0.39, 0.29) is 36.7 Å². The van der Waals surface area contributed by atoms with Crippen LogP contribution in [0.15, 0.2) is 42.5 Å². The van der Waals surface area contributed by atoms with Crippen molar-refractivity contribution in [2.75, 3.05) is 0 Å². The molecule has 0 bridgehead atoms. The van der Waals surface area contributed by atoms with Gasteiger partial charge in [-0.3, -0.25) is 4.79 Å². The summed E-state index contributed by atoms with van der Waals surface area (Å²) in [6.07, 6.45) is 0. The summed E-state index contributed by atoms with van der Waals surface area (Å²) < 4.78 is 5.40. The summed E-state index contributed by atoms with van der Waals surface area (Å²) >= 11 is 0. The van der Waals surface area contributed by atoms with Crippen molar-refractivity contribution in [1.29, 1.82) is 0 Å². The van der Waals surface area contributed by atoms with E-state index in [9.17, 15) is 20.1 Å². The Balaban J connectivity index is 2.23. The molecule has 5 heteroatoms. The number of aromatic hydroxyl groups is 1. The van der Waals surface area contributed by atoms with Crippen LogP contribution in [-0.4, -0.2) is 21.3 Å². The van der Waals surface area contributed by atoms with Crippen molar-refractivity contribution >= 4 is 5.97 Å². The highest BCUT2D eigenvalue weighted by Crippen LogP contribution is 2.32. The zero-order chi connectivity index (χ0) is 17.7. The molecule has 0 aliphatic carbocycles. The lowest BCUT2D eigenvalue weighted by Crippen LogP contribution is -2.31. The monoisotopic (exact) mass is 330 g/mol. The fourth-order valence-corrected chi connectivity index (χ4v) is 2.38. The van der Waals surface area contributed by atoms with Crippen LogP contribution in [0.3, 0.4) is 0 Å². The van der Waals surface area contributed by atoms with Crippen LogP contribution in [0.2, 0.25) is 0 Å². The number of aliphatic hydroxyl groups is 2. The number of aliphatic hydroxyl groups excluding tert-OH is 2. The predicted molar refractivity (Wildman–Crippen MR) is 89.2 cm³/mol. The molecule has 0 fully saturated rings. The lowest BCUT2D eigenvalue weighted by atomic mass is 9.82. The average Bonchev–Trinajstić information content (AvgIpc) is 2.60. The van der Waals surface area contributed by atoms with Gasteiger partial charge in [0.1, 0.15) is 12.4 Å². The smallest absolute Gasteiger partial charge is 0.316 e. The van der Waals surface area contributed by atoms with Crippen molar-refractivity contribution in [1.82, 2.24) is 0 Å². The van der Waals surface area contributed by atoms with Gasteiger partial charge in [0.05, 0.1) is 18.6 Å². The van der Waals surface area contributed by atoms with Gasteiger partial charge in [0.15, 0.2) is 0 Å².